The molecule has 1 heterocycles. The van der Waals surface area contributed by atoms with Gasteiger partial charge in [0.1, 0.15) is 11.4 Å². The summed E-state index contributed by atoms with van der Waals surface area (Å²) >= 11 is 0. The monoisotopic (exact) mass is 535 g/mol. The van der Waals surface area contributed by atoms with Crippen molar-refractivity contribution in [3.8, 4) is 0 Å². The maximum absolute atomic E-state index is 14.6. The van der Waals surface area contributed by atoms with Gasteiger partial charge in [0.15, 0.2) is 0 Å². The minimum Gasteiger partial charge on any atom is -0.475 e. The Morgan fingerprint density at radius 1 is 1.03 bits per heavy atom. The lowest BCUT2D eigenvalue weighted by Gasteiger charge is -2.23. The van der Waals surface area contributed by atoms with Gasteiger partial charge in [0.25, 0.3) is 0 Å². The van der Waals surface area contributed by atoms with Crippen molar-refractivity contribution in [2.45, 2.75) is 31.0 Å². The first-order valence-corrected chi connectivity index (χ1v) is 12.5. The van der Waals surface area contributed by atoms with Crippen LogP contribution in [0, 0.1) is 12.7 Å². The lowest BCUT2D eigenvalue weighted by Crippen LogP contribution is -2.33. The first-order valence-electron chi connectivity index (χ1n) is 11.0. The van der Waals surface area contributed by atoms with Crippen molar-refractivity contribution >= 4 is 27.0 Å². The highest BCUT2D eigenvalue weighted by molar-refractivity contribution is 7.89. The second-order valence-corrected chi connectivity index (χ2v) is 10.3. The molecule has 0 bridgehead atoms. The topological polar surface area (TPSA) is 87.8 Å². The number of nitrogens with zero attached hydrogens (tertiary/aromatic N) is 1. The lowest BCUT2D eigenvalue weighted by atomic mass is 10.1. The Kier molecular flexibility index (Phi) is 7.11. The van der Waals surface area contributed by atoms with Gasteiger partial charge in [-0.3, -0.25) is 0 Å². The molecule has 11 heteroatoms. The number of carboxylic acid groups (broad SMARTS) is 1. The minimum atomic E-state index is -4.74. The van der Waals surface area contributed by atoms with E-state index in [0.29, 0.717) is 12.1 Å². The third kappa shape index (κ3) is 5.52. The normalized spacial score (nSPS) is 12.4. The van der Waals surface area contributed by atoms with E-state index in [2.05, 4.69) is 0 Å². The van der Waals surface area contributed by atoms with Gasteiger partial charge in [0, 0.05) is 29.6 Å². The quantitative estimate of drug-likeness (QED) is 0.279. The molecule has 0 aliphatic carbocycles. The van der Waals surface area contributed by atoms with Gasteiger partial charge in [-0.15, -0.1) is 0 Å². The van der Waals surface area contributed by atoms with Crippen LogP contribution in [0.1, 0.15) is 32.8 Å². The number of halogens is 4. The predicted octanol–water partition coefficient (Wildman–Crippen LogP) is 6.03. The molecule has 0 saturated carbocycles. The summed E-state index contributed by atoms with van der Waals surface area (Å²) in [6.07, 6.45) is -4.48. The average Bonchev–Trinajstić information content (AvgIpc) is 3.18. The van der Waals surface area contributed by atoms with Gasteiger partial charge in [-0.1, -0.05) is 36.4 Å². The van der Waals surface area contributed by atoms with Crippen LogP contribution in [0.15, 0.2) is 76.0 Å². The van der Waals surface area contributed by atoms with Crippen LogP contribution in [0.2, 0.25) is 0 Å². The van der Waals surface area contributed by atoms with Crippen molar-refractivity contribution in [3.63, 3.8) is 0 Å². The van der Waals surface area contributed by atoms with E-state index in [1.54, 1.807) is 30.3 Å². The Labute approximate surface area is 209 Å². The molecule has 0 saturated heterocycles. The van der Waals surface area contributed by atoms with E-state index in [1.165, 1.54) is 25.1 Å². The van der Waals surface area contributed by atoms with E-state index in [-0.39, 0.29) is 45.7 Å². The van der Waals surface area contributed by atoms with Crippen LogP contribution in [-0.2, 0) is 29.2 Å². The van der Waals surface area contributed by atoms with Crippen LogP contribution in [0.5, 0.6) is 0 Å². The predicted molar refractivity (Wildman–Crippen MR) is 127 cm³/mol. The average molecular weight is 536 g/mol. The molecule has 1 aromatic heterocycles. The van der Waals surface area contributed by atoms with Crippen molar-refractivity contribution in [2.24, 2.45) is 0 Å². The highest BCUT2D eigenvalue weighted by Crippen LogP contribution is 2.32. The Morgan fingerprint density at radius 3 is 2.35 bits per heavy atom. The summed E-state index contributed by atoms with van der Waals surface area (Å²) in [5.74, 6) is -2.81. The molecule has 3 aromatic carbocycles. The number of fused-ring (bicyclic) bond motifs is 1. The first kappa shape index (κ1) is 26.4. The van der Waals surface area contributed by atoms with E-state index in [0.717, 1.165) is 15.9 Å². The fourth-order valence-corrected chi connectivity index (χ4v) is 5.38. The van der Waals surface area contributed by atoms with E-state index in [1.807, 2.05) is 0 Å². The third-order valence-corrected chi connectivity index (χ3v) is 7.80. The molecule has 4 rings (SSSR count). The number of carbonyl (C=O) groups is 1. The Balaban J connectivity index is 1.73. The van der Waals surface area contributed by atoms with Crippen LogP contribution in [-0.4, -0.2) is 30.3 Å². The minimum absolute atomic E-state index is 0.0877. The van der Waals surface area contributed by atoms with Crippen molar-refractivity contribution in [1.29, 1.82) is 0 Å². The Bertz CT molecular complexity index is 1560. The van der Waals surface area contributed by atoms with E-state index in [9.17, 15) is 35.9 Å². The summed E-state index contributed by atoms with van der Waals surface area (Å²) < 4.78 is 87.2. The van der Waals surface area contributed by atoms with E-state index >= 15 is 0 Å². The van der Waals surface area contributed by atoms with Crippen LogP contribution >= 0.6 is 0 Å². The largest absolute Gasteiger partial charge is 0.475 e. The zero-order valence-electron chi connectivity index (χ0n) is 19.4. The molecule has 0 aliphatic rings. The summed E-state index contributed by atoms with van der Waals surface area (Å²) in [5, 5.41) is 9.58. The molecule has 1 N–H and O–H groups in total. The van der Waals surface area contributed by atoms with Gasteiger partial charge >= 0.3 is 12.1 Å². The van der Waals surface area contributed by atoms with Gasteiger partial charge in [-0.2, -0.15) is 17.5 Å². The molecular formula is C26H21F4NO5S. The number of carboxylic acids is 1. The number of hydrogen-bond donors (Lipinski definition) is 1. The van der Waals surface area contributed by atoms with E-state index < -0.39 is 40.1 Å². The van der Waals surface area contributed by atoms with Gasteiger partial charge in [-0.25, -0.2) is 17.6 Å². The number of alkyl halides is 3. The summed E-state index contributed by atoms with van der Waals surface area (Å²) in [6, 6.07) is 14.7. The van der Waals surface area contributed by atoms with Crippen LogP contribution in [0.4, 0.5) is 17.6 Å². The van der Waals surface area contributed by atoms with Crippen molar-refractivity contribution < 1.29 is 40.3 Å². The number of aryl methyl sites for hydroxylation is 1. The first-order chi connectivity index (χ1) is 17.4. The number of hydrogen-bond acceptors (Lipinski definition) is 4. The molecule has 0 radical (unpaired) electrons. The highest BCUT2D eigenvalue weighted by atomic mass is 32.2. The second kappa shape index (κ2) is 9.98. The highest BCUT2D eigenvalue weighted by Gasteiger charge is 2.32. The number of aromatic carboxylic acids is 1. The summed E-state index contributed by atoms with van der Waals surface area (Å²) in [4.78, 5) is 11.2. The van der Waals surface area contributed by atoms with Crippen molar-refractivity contribution in [1.82, 2.24) is 4.31 Å². The third-order valence-electron chi connectivity index (χ3n) is 5.96. The summed E-state index contributed by atoms with van der Waals surface area (Å²) in [7, 11) is -4.29. The number of furan rings is 1. The van der Waals surface area contributed by atoms with Gasteiger partial charge in [0.2, 0.25) is 15.8 Å². The number of sulfonamides is 1. The van der Waals surface area contributed by atoms with Gasteiger partial charge < -0.3 is 9.52 Å². The maximum atomic E-state index is 14.6. The van der Waals surface area contributed by atoms with Crippen LogP contribution in [0.25, 0.3) is 11.0 Å². The van der Waals surface area contributed by atoms with Crippen LogP contribution in [0.3, 0.4) is 0 Å². The zero-order valence-corrected chi connectivity index (χ0v) is 20.2. The van der Waals surface area contributed by atoms with Gasteiger partial charge in [0.05, 0.1) is 10.5 Å². The smallest absolute Gasteiger partial charge is 0.416 e. The fraction of sp³-hybridized carbons (Fsp3) is 0.192. The molecule has 6 nitrogen and oxygen atoms in total. The molecule has 0 atom stereocenters. The maximum Gasteiger partial charge on any atom is 0.416 e. The second-order valence-electron chi connectivity index (χ2n) is 8.40. The molecule has 0 amide bonds. The molecule has 0 aliphatic heterocycles. The van der Waals surface area contributed by atoms with Gasteiger partial charge in [-0.05, 0) is 49.2 Å². The SMILES string of the molecule is Cc1c(C(=O)O)oc2ccc(S(=O)(=O)N(CCc3ccccc3)Cc3ccc(C(F)(F)F)cc3F)cc12. The molecule has 0 spiro atoms. The van der Waals surface area contributed by atoms with E-state index in [4.69, 9.17) is 4.42 Å². The Morgan fingerprint density at radius 2 is 1.73 bits per heavy atom. The molecule has 4 aromatic rings. The van der Waals surface area contributed by atoms with Crippen molar-refractivity contribution in [2.75, 3.05) is 6.54 Å². The molecule has 0 unspecified atom stereocenters. The van der Waals surface area contributed by atoms with Crippen LogP contribution < -0.4 is 0 Å². The molecule has 37 heavy (non-hydrogen) atoms. The lowest BCUT2D eigenvalue weighted by molar-refractivity contribution is -0.137. The number of rotatable bonds is 8. The zero-order chi connectivity index (χ0) is 27.0. The Hall–Kier alpha value is -3.70. The molecular weight excluding hydrogens is 514 g/mol. The summed E-state index contributed by atoms with van der Waals surface area (Å²) in [5.41, 5.74) is -0.175. The molecule has 0 fully saturated rings. The van der Waals surface area contributed by atoms with Crippen molar-refractivity contribution in [3.05, 3.63) is 101 Å². The molecule has 194 valence electrons. The fourth-order valence-electron chi connectivity index (χ4n) is 3.94. The standard InChI is InChI=1S/C26H21F4NO5S/c1-16-21-14-20(9-10-23(21)36-24(16)25(32)33)37(34,35)31(12-11-17-5-3-2-4-6-17)15-18-7-8-19(13-22(18)27)26(28,29)30/h2-10,13-14H,11-12,15H2,1H3,(H,32,33). The summed E-state index contributed by atoms with van der Waals surface area (Å²) in [6.45, 7) is 0.883. The number of benzene rings is 3.